The molecule has 0 heterocycles. The SMILES string of the molecule is CC[C@H](CNCc1cc(O)c2c(c1Cl)C[C@H]1C[C@H]3CC(=O)C(C(N)=O)=C(O)[C@@]3(O)C(=O)C1=C2O)C1CC(C)C1(C)C. The van der Waals surface area contributed by atoms with Crippen molar-refractivity contribution in [3.8, 4) is 5.75 Å². The second-order valence-corrected chi connectivity index (χ2v) is 13.4. The smallest absolute Gasteiger partial charge is 0.255 e. The molecule has 0 aromatic heterocycles. The highest BCUT2D eigenvalue weighted by Gasteiger charge is 2.60. The number of primary amides is 1. The van der Waals surface area contributed by atoms with Crippen LogP contribution < -0.4 is 11.1 Å². The largest absolute Gasteiger partial charge is 0.508 e. The predicted octanol–water partition coefficient (Wildman–Crippen LogP) is 3.88. The number of halogens is 1. The van der Waals surface area contributed by atoms with Gasteiger partial charge in [0.05, 0.1) is 5.56 Å². The van der Waals surface area contributed by atoms with Gasteiger partial charge in [0.25, 0.3) is 5.91 Å². The molecule has 222 valence electrons. The van der Waals surface area contributed by atoms with Crippen LogP contribution in [0.25, 0.3) is 5.76 Å². The summed E-state index contributed by atoms with van der Waals surface area (Å²) in [6.45, 7) is 10.4. The third-order valence-electron chi connectivity index (χ3n) is 10.7. The van der Waals surface area contributed by atoms with Crippen molar-refractivity contribution in [2.45, 2.75) is 71.9 Å². The van der Waals surface area contributed by atoms with Crippen molar-refractivity contribution in [2.75, 3.05) is 6.54 Å². The Labute approximate surface area is 244 Å². The zero-order valence-electron chi connectivity index (χ0n) is 23.9. The van der Waals surface area contributed by atoms with E-state index in [1.54, 1.807) is 0 Å². The van der Waals surface area contributed by atoms with Crippen molar-refractivity contribution in [3.63, 3.8) is 0 Å². The number of fused-ring (bicyclic) bond motifs is 3. The number of carbonyl (C=O) groups excluding carboxylic acids is 3. The summed E-state index contributed by atoms with van der Waals surface area (Å²) in [6.07, 6.45) is 2.15. The van der Waals surface area contributed by atoms with Crippen molar-refractivity contribution in [1.82, 2.24) is 5.32 Å². The molecule has 1 amide bonds. The number of phenolic OH excluding ortho intramolecular Hbond substituents is 1. The molecule has 7 N–H and O–H groups in total. The Hall–Kier alpha value is -2.88. The van der Waals surface area contributed by atoms with Crippen LogP contribution in [0.1, 0.15) is 70.1 Å². The van der Waals surface area contributed by atoms with E-state index >= 15 is 0 Å². The molecule has 2 unspecified atom stereocenters. The summed E-state index contributed by atoms with van der Waals surface area (Å²) in [7, 11) is 0. The summed E-state index contributed by atoms with van der Waals surface area (Å²) in [5.41, 5.74) is 3.10. The van der Waals surface area contributed by atoms with Gasteiger partial charge in [0.2, 0.25) is 5.78 Å². The van der Waals surface area contributed by atoms with E-state index in [9.17, 15) is 34.8 Å². The molecule has 0 bridgehead atoms. The average Bonchev–Trinajstić information content (AvgIpc) is 2.90. The van der Waals surface area contributed by atoms with E-state index in [-0.39, 0.29) is 36.1 Å². The van der Waals surface area contributed by atoms with Crippen LogP contribution in [-0.4, -0.2) is 50.0 Å². The molecule has 10 heteroatoms. The van der Waals surface area contributed by atoms with E-state index in [0.29, 0.717) is 45.9 Å². The Morgan fingerprint density at radius 2 is 1.88 bits per heavy atom. The maximum atomic E-state index is 13.6. The van der Waals surface area contributed by atoms with Gasteiger partial charge in [0, 0.05) is 29.5 Å². The molecule has 2 saturated carbocycles. The number of Topliss-reactive ketones (excluding diaryl/α,β-unsaturated/α-hetero) is 2. The quantitative estimate of drug-likeness (QED) is 0.261. The van der Waals surface area contributed by atoms with Crippen LogP contribution in [0.5, 0.6) is 5.75 Å². The van der Waals surface area contributed by atoms with Gasteiger partial charge < -0.3 is 31.5 Å². The van der Waals surface area contributed by atoms with Gasteiger partial charge in [-0.1, -0.05) is 45.7 Å². The Bertz CT molecular complexity index is 1410. The molecule has 6 atom stereocenters. The lowest BCUT2D eigenvalue weighted by Crippen LogP contribution is -2.58. The Morgan fingerprint density at radius 3 is 2.46 bits per heavy atom. The van der Waals surface area contributed by atoms with Crippen LogP contribution in [0.15, 0.2) is 23.0 Å². The first-order chi connectivity index (χ1) is 19.2. The van der Waals surface area contributed by atoms with Gasteiger partial charge in [-0.2, -0.15) is 0 Å². The molecule has 1 aromatic rings. The van der Waals surface area contributed by atoms with Crippen molar-refractivity contribution < 1.29 is 34.8 Å². The fraction of sp³-hybridized carbons (Fsp3) is 0.581. The molecular weight excluding hydrogens is 548 g/mol. The average molecular weight is 587 g/mol. The summed E-state index contributed by atoms with van der Waals surface area (Å²) in [5.74, 6) is -4.72. The van der Waals surface area contributed by atoms with Crippen LogP contribution >= 0.6 is 11.6 Å². The van der Waals surface area contributed by atoms with Gasteiger partial charge >= 0.3 is 0 Å². The Kier molecular flexibility index (Phi) is 7.32. The summed E-state index contributed by atoms with van der Waals surface area (Å²) in [6, 6.07) is 1.47. The molecule has 2 fully saturated rings. The number of aliphatic hydroxyl groups excluding tert-OH is 2. The number of carbonyl (C=O) groups is 3. The molecule has 4 aliphatic rings. The summed E-state index contributed by atoms with van der Waals surface area (Å²) < 4.78 is 0. The molecule has 0 saturated heterocycles. The van der Waals surface area contributed by atoms with Crippen molar-refractivity contribution in [3.05, 3.63) is 44.7 Å². The van der Waals surface area contributed by atoms with Gasteiger partial charge in [-0.25, -0.2) is 0 Å². The standard InChI is InChI=1S/C31H39ClN2O7/c1-5-14(19-6-13(2)30(19,3)4)11-34-12-16-9-20(35)23-18(25(16)32)8-15-7-17-10-21(36)24(29(33)40)28(39)31(17,41)27(38)22(15)26(23)37/h9,13-15,17,19,34-35,37,39,41H,5-8,10-12H2,1-4H3,(H2,33,40)/t13?,14-,15-,17+,19?,31+/m1/s1. The number of hydrogen-bond donors (Lipinski definition) is 6. The highest BCUT2D eigenvalue weighted by molar-refractivity contribution is 6.32. The van der Waals surface area contributed by atoms with Gasteiger partial charge in [-0.15, -0.1) is 0 Å². The monoisotopic (exact) mass is 586 g/mol. The first-order valence-electron chi connectivity index (χ1n) is 14.4. The van der Waals surface area contributed by atoms with Crippen LogP contribution in [0.3, 0.4) is 0 Å². The number of rotatable bonds is 7. The van der Waals surface area contributed by atoms with Crippen molar-refractivity contribution in [1.29, 1.82) is 0 Å². The highest BCUT2D eigenvalue weighted by atomic mass is 35.5. The highest BCUT2D eigenvalue weighted by Crippen LogP contribution is 2.55. The minimum atomic E-state index is -2.58. The van der Waals surface area contributed by atoms with Crippen LogP contribution in [0.4, 0.5) is 0 Å². The molecule has 1 aromatic carbocycles. The number of aromatic hydroxyl groups is 1. The second-order valence-electron chi connectivity index (χ2n) is 13.0. The van der Waals surface area contributed by atoms with E-state index in [1.165, 1.54) is 12.5 Å². The number of aliphatic hydroxyl groups is 3. The van der Waals surface area contributed by atoms with Gasteiger partial charge in [0.1, 0.15) is 22.8 Å². The van der Waals surface area contributed by atoms with E-state index in [4.69, 9.17) is 17.3 Å². The van der Waals surface area contributed by atoms with Crippen molar-refractivity contribution in [2.24, 2.45) is 40.7 Å². The number of nitrogens with one attached hydrogen (secondary N) is 1. The second kappa shape index (κ2) is 10.1. The molecule has 9 nitrogen and oxygen atoms in total. The Morgan fingerprint density at radius 1 is 1.20 bits per heavy atom. The lowest BCUT2D eigenvalue weighted by molar-refractivity contribution is -0.147. The summed E-state index contributed by atoms with van der Waals surface area (Å²) in [5, 5.41) is 48.1. The molecule has 41 heavy (non-hydrogen) atoms. The zero-order chi connectivity index (χ0) is 30.2. The predicted molar refractivity (Wildman–Crippen MR) is 153 cm³/mol. The Balaban J connectivity index is 1.44. The molecule has 4 aliphatic carbocycles. The molecule has 5 rings (SSSR count). The molecular formula is C31H39ClN2O7. The van der Waals surface area contributed by atoms with Crippen LogP contribution in [-0.2, 0) is 27.3 Å². The minimum absolute atomic E-state index is 0.00233. The third-order valence-corrected chi connectivity index (χ3v) is 11.2. The molecule has 0 aliphatic heterocycles. The van der Waals surface area contributed by atoms with Gasteiger partial charge in [0.15, 0.2) is 11.4 Å². The van der Waals surface area contributed by atoms with E-state index in [0.717, 1.165) is 13.0 Å². The van der Waals surface area contributed by atoms with E-state index < -0.39 is 52.0 Å². The number of amides is 1. The number of hydrogen-bond acceptors (Lipinski definition) is 8. The normalized spacial score (nSPS) is 31.3. The fourth-order valence-corrected chi connectivity index (χ4v) is 8.10. The third kappa shape index (κ3) is 4.31. The zero-order valence-corrected chi connectivity index (χ0v) is 24.6. The first-order valence-corrected chi connectivity index (χ1v) is 14.7. The molecule has 0 spiro atoms. The minimum Gasteiger partial charge on any atom is -0.508 e. The molecule has 0 radical (unpaired) electrons. The number of ketones is 2. The topological polar surface area (TPSA) is 170 Å². The number of phenols is 1. The van der Waals surface area contributed by atoms with E-state index in [2.05, 4.69) is 33.0 Å². The maximum Gasteiger partial charge on any atom is 0.255 e. The summed E-state index contributed by atoms with van der Waals surface area (Å²) >= 11 is 6.84. The lowest BCUT2D eigenvalue weighted by atomic mass is 9.51. The van der Waals surface area contributed by atoms with Crippen LogP contribution in [0.2, 0.25) is 5.02 Å². The lowest BCUT2D eigenvalue weighted by Gasteiger charge is -2.54. The number of nitrogens with two attached hydrogens (primary N) is 1. The fourth-order valence-electron chi connectivity index (χ4n) is 7.81. The first kappa shape index (κ1) is 29.6. The summed E-state index contributed by atoms with van der Waals surface area (Å²) in [4.78, 5) is 37.9. The van der Waals surface area contributed by atoms with Gasteiger partial charge in [-0.3, -0.25) is 14.4 Å². The van der Waals surface area contributed by atoms with Crippen molar-refractivity contribution >= 4 is 34.8 Å². The maximum absolute atomic E-state index is 13.6. The number of benzene rings is 1. The van der Waals surface area contributed by atoms with E-state index in [1.807, 2.05) is 0 Å². The van der Waals surface area contributed by atoms with Crippen LogP contribution in [0, 0.1) is 35.0 Å². The van der Waals surface area contributed by atoms with Gasteiger partial charge in [-0.05, 0) is 72.1 Å².